The van der Waals surface area contributed by atoms with E-state index in [2.05, 4.69) is 10.3 Å². The summed E-state index contributed by atoms with van der Waals surface area (Å²) in [6.45, 7) is 1.81. The summed E-state index contributed by atoms with van der Waals surface area (Å²) >= 11 is 0. The number of halogens is 2. The van der Waals surface area contributed by atoms with Gasteiger partial charge in [-0.2, -0.15) is 0 Å². The Kier molecular flexibility index (Phi) is 5.11. The van der Waals surface area contributed by atoms with Gasteiger partial charge in [0.25, 0.3) is 11.8 Å². The second-order valence-electron chi connectivity index (χ2n) is 6.21. The fourth-order valence-corrected chi connectivity index (χ4v) is 2.93. The molecular formula is C18H18F2N4O2. The summed E-state index contributed by atoms with van der Waals surface area (Å²) in [7, 11) is 0. The summed E-state index contributed by atoms with van der Waals surface area (Å²) < 4.78 is 26.4. The largest absolute Gasteiger partial charge is 0.371 e. The van der Waals surface area contributed by atoms with Crippen LogP contribution in [0.5, 0.6) is 0 Å². The van der Waals surface area contributed by atoms with E-state index >= 15 is 0 Å². The van der Waals surface area contributed by atoms with Crippen LogP contribution < -0.4 is 16.0 Å². The van der Waals surface area contributed by atoms with Crippen molar-refractivity contribution in [2.24, 2.45) is 11.7 Å². The first kappa shape index (κ1) is 17.8. The molecule has 26 heavy (non-hydrogen) atoms. The molecule has 8 heteroatoms. The number of pyridine rings is 1. The molecule has 1 aromatic heterocycles. The number of aromatic nitrogens is 1. The first-order valence-electron chi connectivity index (χ1n) is 8.18. The van der Waals surface area contributed by atoms with E-state index in [1.807, 2.05) is 4.90 Å². The summed E-state index contributed by atoms with van der Waals surface area (Å²) in [5.41, 5.74) is 6.17. The minimum Gasteiger partial charge on any atom is -0.371 e. The van der Waals surface area contributed by atoms with Crippen molar-refractivity contribution < 1.29 is 18.4 Å². The Balaban J connectivity index is 1.53. The smallest absolute Gasteiger partial charge is 0.267 e. The number of nitrogens with one attached hydrogen (secondary N) is 1. The first-order chi connectivity index (χ1) is 12.4. The Morgan fingerprint density at radius 3 is 2.69 bits per heavy atom. The number of primary amides is 1. The summed E-state index contributed by atoms with van der Waals surface area (Å²) in [6, 6.07) is 6.73. The molecule has 1 aromatic carbocycles. The third-order valence-electron chi connectivity index (χ3n) is 4.38. The molecule has 6 nitrogen and oxygen atoms in total. The summed E-state index contributed by atoms with van der Waals surface area (Å²) in [5.74, 6) is -2.48. The van der Waals surface area contributed by atoms with Gasteiger partial charge >= 0.3 is 0 Å². The van der Waals surface area contributed by atoms with Crippen LogP contribution in [0.15, 0.2) is 36.5 Å². The Morgan fingerprint density at radius 1 is 1.23 bits per heavy atom. The van der Waals surface area contributed by atoms with Gasteiger partial charge in [0.2, 0.25) is 0 Å². The molecule has 1 aliphatic rings. The van der Waals surface area contributed by atoms with Gasteiger partial charge in [0.1, 0.15) is 5.69 Å². The Hall–Kier alpha value is -3.03. The van der Waals surface area contributed by atoms with Gasteiger partial charge < -0.3 is 16.0 Å². The summed E-state index contributed by atoms with van der Waals surface area (Å²) in [6.07, 6.45) is 2.13. The number of hydrogen-bond acceptors (Lipinski definition) is 4. The van der Waals surface area contributed by atoms with Crippen molar-refractivity contribution in [1.82, 2.24) is 10.3 Å². The van der Waals surface area contributed by atoms with Gasteiger partial charge in [-0.1, -0.05) is 0 Å². The van der Waals surface area contributed by atoms with Gasteiger partial charge in [0.05, 0.1) is 5.56 Å². The lowest BCUT2D eigenvalue weighted by molar-refractivity contribution is 0.0944. The number of benzene rings is 1. The van der Waals surface area contributed by atoms with Crippen LogP contribution in [0.4, 0.5) is 14.5 Å². The van der Waals surface area contributed by atoms with Crippen molar-refractivity contribution in [3.05, 3.63) is 59.4 Å². The predicted molar refractivity (Wildman–Crippen MR) is 91.8 cm³/mol. The fraction of sp³-hybridized carbons (Fsp3) is 0.278. The SMILES string of the molecule is NC(=O)c1ccc(C(=O)NCC2CCN(c3ccc(F)c(F)c3)C2)cn1. The number of amides is 2. The minimum atomic E-state index is -0.869. The zero-order valence-electron chi connectivity index (χ0n) is 13.9. The second-order valence-corrected chi connectivity index (χ2v) is 6.21. The fourth-order valence-electron chi connectivity index (χ4n) is 2.93. The molecule has 1 aliphatic heterocycles. The normalized spacial score (nSPS) is 16.5. The van der Waals surface area contributed by atoms with Crippen LogP contribution in [0.3, 0.4) is 0 Å². The maximum atomic E-state index is 13.4. The van der Waals surface area contributed by atoms with Gasteiger partial charge in [-0.25, -0.2) is 8.78 Å². The number of rotatable bonds is 5. The highest BCUT2D eigenvalue weighted by Gasteiger charge is 2.24. The van der Waals surface area contributed by atoms with Crippen LogP contribution in [0.25, 0.3) is 0 Å². The molecule has 2 aromatic rings. The van der Waals surface area contributed by atoms with Crippen LogP contribution in [0.2, 0.25) is 0 Å². The van der Waals surface area contributed by atoms with Crippen molar-refractivity contribution in [3.63, 3.8) is 0 Å². The number of nitrogens with zero attached hydrogens (tertiary/aromatic N) is 2. The third kappa shape index (κ3) is 3.96. The molecule has 0 aliphatic carbocycles. The number of hydrogen-bond donors (Lipinski definition) is 2. The zero-order chi connectivity index (χ0) is 18.7. The zero-order valence-corrected chi connectivity index (χ0v) is 13.9. The van der Waals surface area contributed by atoms with Crippen molar-refractivity contribution in [3.8, 4) is 0 Å². The highest BCUT2D eigenvalue weighted by molar-refractivity contribution is 5.95. The van der Waals surface area contributed by atoms with Gasteiger partial charge in [0, 0.05) is 37.6 Å². The van der Waals surface area contributed by atoms with Crippen molar-refractivity contribution in [2.45, 2.75) is 6.42 Å². The lowest BCUT2D eigenvalue weighted by Crippen LogP contribution is -2.31. The molecule has 2 heterocycles. The Bertz CT molecular complexity index is 826. The van der Waals surface area contributed by atoms with Crippen LogP contribution in [0, 0.1) is 17.6 Å². The quantitative estimate of drug-likeness (QED) is 0.850. The van der Waals surface area contributed by atoms with E-state index in [1.165, 1.54) is 24.4 Å². The minimum absolute atomic E-state index is 0.0968. The maximum absolute atomic E-state index is 13.4. The van der Waals surface area contributed by atoms with E-state index in [0.717, 1.165) is 12.5 Å². The average Bonchev–Trinajstić information content (AvgIpc) is 3.11. The highest BCUT2D eigenvalue weighted by Crippen LogP contribution is 2.25. The molecule has 2 amide bonds. The molecular weight excluding hydrogens is 342 g/mol. The van der Waals surface area contributed by atoms with Gasteiger partial charge in [-0.05, 0) is 36.6 Å². The van der Waals surface area contributed by atoms with E-state index < -0.39 is 17.5 Å². The molecule has 1 saturated heterocycles. The molecule has 0 radical (unpaired) electrons. The molecule has 3 rings (SSSR count). The number of anilines is 1. The average molecular weight is 360 g/mol. The lowest BCUT2D eigenvalue weighted by atomic mass is 10.1. The van der Waals surface area contributed by atoms with Crippen LogP contribution in [-0.2, 0) is 0 Å². The molecule has 0 bridgehead atoms. The van der Waals surface area contributed by atoms with Gasteiger partial charge in [-0.3, -0.25) is 14.6 Å². The second kappa shape index (κ2) is 7.47. The number of nitrogens with two attached hydrogens (primary N) is 1. The van der Waals surface area contributed by atoms with Crippen molar-refractivity contribution in [1.29, 1.82) is 0 Å². The summed E-state index contributed by atoms with van der Waals surface area (Å²) in [4.78, 5) is 28.9. The highest BCUT2D eigenvalue weighted by atomic mass is 19.2. The molecule has 0 spiro atoms. The van der Waals surface area contributed by atoms with E-state index in [-0.39, 0.29) is 17.5 Å². The van der Waals surface area contributed by atoms with E-state index in [9.17, 15) is 18.4 Å². The van der Waals surface area contributed by atoms with Crippen LogP contribution in [0.1, 0.15) is 27.3 Å². The van der Waals surface area contributed by atoms with E-state index in [0.29, 0.717) is 30.9 Å². The standard InChI is InChI=1S/C18H18F2N4O2/c19-14-3-2-13(7-15(14)20)24-6-5-11(10-24)8-23-18(26)12-1-4-16(17(21)25)22-9-12/h1-4,7,9,11H,5-6,8,10H2,(H2,21,25)(H,23,26). The maximum Gasteiger partial charge on any atom is 0.267 e. The molecule has 136 valence electrons. The van der Waals surface area contributed by atoms with Crippen molar-refractivity contribution in [2.75, 3.05) is 24.5 Å². The Labute approximate surface area is 149 Å². The molecule has 0 saturated carbocycles. The molecule has 3 N–H and O–H groups in total. The first-order valence-corrected chi connectivity index (χ1v) is 8.18. The third-order valence-corrected chi connectivity index (χ3v) is 4.38. The monoisotopic (exact) mass is 360 g/mol. The summed E-state index contributed by atoms with van der Waals surface area (Å²) in [5, 5.41) is 2.83. The number of carbonyl (C=O) groups excluding carboxylic acids is 2. The molecule has 1 fully saturated rings. The molecule has 1 unspecified atom stereocenters. The van der Waals surface area contributed by atoms with Crippen LogP contribution >= 0.6 is 0 Å². The number of carbonyl (C=O) groups is 2. The molecule has 1 atom stereocenters. The van der Waals surface area contributed by atoms with E-state index in [1.54, 1.807) is 6.07 Å². The van der Waals surface area contributed by atoms with Crippen molar-refractivity contribution >= 4 is 17.5 Å². The van der Waals surface area contributed by atoms with Gasteiger partial charge in [-0.15, -0.1) is 0 Å². The lowest BCUT2D eigenvalue weighted by Gasteiger charge is -2.19. The Morgan fingerprint density at radius 2 is 2.04 bits per heavy atom. The van der Waals surface area contributed by atoms with Crippen LogP contribution in [-0.4, -0.2) is 36.4 Å². The predicted octanol–water partition coefficient (Wildman–Crippen LogP) is 1.71. The van der Waals surface area contributed by atoms with E-state index in [4.69, 9.17) is 5.73 Å². The topological polar surface area (TPSA) is 88.3 Å². The van der Waals surface area contributed by atoms with Gasteiger partial charge in [0.15, 0.2) is 11.6 Å².